The van der Waals surface area contributed by atoms with E-state index in [-0.39, 0.29) is 17.9 Å². The lowest BCUT2D eigenvalue weighted by Gasteiger charge is -2.26. The van der Waals surface area contributed by atoms with Crippen LogP contribution in [0.2, 0.25) is 0 Å². The number of nitrogens with one attached hydrogen (secondary N) is 1. The van der Waals surface area contributed by atoms with Gasteiger partial charge in [-0.2, -0.15) is 23.0 Å². The molecule has 5 rings (SSSR count). The summed E-state index contributed by atoms with van der Waals surface area (Å²) in [7, 11) is 1.57. The summed E-state index contributed by atoms with van der Waals surface area (Å²) in [6, 6.07) is 10.8. The highest BCUT2D eigenvalue weighted by Gasteiger charge is 2.39. The number of carbonyl (C=O) groups excluding carboxylic acids is 1. The first-order valence-electron chi connectivity index (χ1n) is 9.76. The summed E-state index contributed by atoms with van der Waals surface area (Å²) in [5, 5.41) is 7.84. The number of methoxy groups -OCH3 is 1. The lowest BCUT2D eigenvalue weighted by Crippen LogP contribution is -2.26. The molecular formula is C22H17F3N4O2S. The molecule has 4 aromatic rings. The van der Waals surface area contributed by atoms with Crippen LogP contribution in [0.15, 0.2) is 42.5 Å². The van der Waals surface area contributed by atoms with Gasteiger partial charge in [-0.3, -0.25) is 4.79 Å². The Morgan fingerprint density at radius 3 is 2.75 bits per heavy atom. The summed E-state index contributed by atoms with van der Waals surface area (Å²) in [6.07, 6.45) is -4.62. The molecule has 0 radical (unpaired) electrons. The number of fused-ring (bicyclic) bond motifs is 2. The van der Waals surface area contributed by atoms with Gasteiger partial charge in [0.15, 0.2) is 0 Å². The summed E-state index contributed by atoms with van der Waals surface area (Å²) < 4.78 is 48.7. The first-order chi connectivity index (χ1) is 15.3. The molecule has 1 unspecified atom stereocenters. The lowest BCUT2D eigenvalue weighted by molar-refractivity contribution is -0.138. The number of aryl methyl sites for hydroxylation is 1. The van der Waals surface area contributed by atoms with E-state index < -0.39 is 17.7 Å². The minimum absolute atomic E-state index is 0.0628. The largest absolute Gasteiger partial charge is 0.497 e. The zero-order valence-corrected chi connectivity index (χ0v) is 17.8. The Kier molecular flexibility index (Phi) is 4.70. The van der Waals surface area contributed by atoms with Crippen molar-refractivity contribution in [3.05, 3.63) is 64.8 Å². The molecule has 0 saturated carbocycles. The average Bonchev–Trinajstić information content (AvgIpc) is 3.32. The molecule has 2 aromatic carbocycles. The van der Waals surface area contributed by atoms with Gasteiger partial charge in [0.1, 0.15) is 11.6 Å². The molecule has 0 bridgehead atoms. The van der Waals surface area contributed by atoms with Gasteiger partial charge in [-0.05, 0) is 36.8 Å². The van der Waals surface area contributed by atoms with Gasteiger partial charge in [-0.1, -0.05) is 29.5 Å². The third-order valence-electron chi connectivity index (χ3n) is 5.51. The molecule has 1 amide bonds. The average molecular weight is 458 g/mol. The minimum Gasteiger partial charge on any atom is -0.497 e. The number of halogens is 3. The van der Waals surface area contributed by atoms with Gasteiger partial charge >= 0.3 is 6.18 Å². The van der Waals surface area contributed by atoms with Crippen LogP contribution in [0, 0.1) is 6.92 Å². The van der Waals surface area contributed by atoms with Gasteiger partial charge in [-0.25, -0.2) is 4.98 Å². The van der Waals surface area contributed by atoms with Crippen LogP contribution in [-0.4, -0.2) is 27.8 Å². The summed E-state index contributed by atoms with van der Waals surface area (Å²) in [6.45, 7) is 1.73. The number of aromatic nitrogens is 3. The number of hydrogen-bond donors (Lipinski definition) is 1. The van der Waals surface area contributed by atoms with Crippen LogP contribution in [-0.2, 0) is 11.0 Å². The summed E-state index contributed by atoms with van der Waals surface area (Å²) in [4.78, 5) is 17.1. The maximum Gasteiger partial charge on any atom is 0.416 e. The maximum atomic E-state index is 13.7. The van der Waals surface area contributed by atoms with E-state index in [0.29, 0.717) is 28.0 Å². The van der Waals surface area contributed by atoms with Crippen LogP contribution in [0.1, 0.15) is 34.7 Å². The van der Waals surface area contributed by atoms with Crippen LogP contribution >= 0.6 is 11.3 Å². The van der Waals surface area contributed by atoms with Crippen molar-refractivity contribution >= 4 is 33.3 Å². The van der Waals surface area contributed by atoms with E-state index in [2.05, 4.69) is 15.4 Å². The Hall–Kier alpha value is -3.40. The first kappa shape index (κ1) is 20.5. The Labute approximate surface area is 184 Å². The molecule has 10 heteroatoms. The van der Waals surface area contributed by atoms with E-state index in [0.717, 1.165) is 16.3 Å². The van der Waals surface area contributed by atoms with Crippen LogP contribution in [0.4, 0.5) is 19.0 Å². The summed E-state index contributed by atoms with van der Waals surface area (Å²) in [5.41, 5.74) is 1.16. The fourth-order valence-corrected chi connectivity index (χ4v) is 5.07. The van der Waals surface area contributed by atoms with Gasteiger partial charge in [0.2, 0.25) is 11.0 Å². The predicted molar refractivity (Wildman–Crippen MR) is 115 cm³/mol. The van der Waals surface area contributed by atoms with Gasteiger partial charge in [-0.15, -0.1) is 0 Å². The second-order valence-corrected chi connectivity index (χ2v) is 8.49. The quantitative estimate of drug-likeness (QED) is 0.453. The number of hydrogen-bond acceptors (Lipinski definition) is 5. The molecule has 1 N–H and O–H groups in total. The maximum absolute atomic E-state index is 13.7. The molecule has 0 saturated heterocycles. The third-order valence-corrected chi connectivity index (χ3v) is 6.50. The van der Waals surface area contributed by atoms with Crippen molar-refractivity contribution in [1.82, 2.24) is 14.8 Å². The Morgan fingerprint density at radius 2 is 2.00 bits per heavy atom. The van der Waals surface area contributed by atoms with Crippen molar-refractivity contribution in [1.29, 1.82) is 0 Å². The van der Waals surface area contributed by atoms with Crippen LogP contribution in [0.25, 0.3) is 15.3 Å². The van der Waals surface area contributed by atoms with Crippen molar-refractivity contribution in [3.63, 3.8) is 0 Å². The molecule has 0 aliphatic carbocycles. The molecule has 0 fully saturated rings. The molecule has 1 atom stereocenters. The van der Waals surface area contributed by atoms with Gasteiger partial charge in [0.05, 0.1) is 28.6 Å². The standard InChI is InChI=1S/C22H17F3N4O2S/c1-11-19-14(13-5-3-4-6-15(13)22(23,24)25)10-18(30)27-20(19)29(28-11)21-26-16-8-7-12(31-2)9-17(16)32-21/h3-9,14H,10H2,1-2H3,(H,27,30). The molecule has 1 aliphatic heterocycles. The molecule has 164 valence electrons. The third kappa shape index (κ3) is 3.31. The van der Waals surface area contributed by atoms with E-state index in [1.54, 1.807) is 26.2 Å². The van der Waals surface area contributed by atoms with Crippen LogP contribution < -0.4 is 10.1 Å². The fourth-order valence-electron chi connectivity index (χ4n) is 4.12. The van der Waals surface area contributed by atoms with Crippen molar-refractivity contribution in [2.75, 3.05) is 12.4 Å². The first-order valence-corrected chi connectivity index (χ1v) is 10.6. The number of thiazole rings is 1. The number of ether oxygens (including phenoxy) is 1. The highest BCUT2D eigenvalue weighted by atomic mass is 32.1. The molecule has 0 spiro atoms. The number of carbonyl (C=O) groups is 1. The molecule has 32 heavy (non-hydrogen) atoms. The lowest BCUT2D eigenvalue weighted by atomic mass is 9.83. The molecule has 2 aromatic heterocycles. The summed E-state index contributed by atoms with van der Waals surface area (Å²) >= 11 is 1.35. The molecule has 6 nitrogen and oxygen atoms in total. The zero-order chi connectivity index (χ0) is 22.6. The van der Waals surface area contributed by atoms with Crippen LogP contribution in [0.3, 0.4) is 0 Å². The molecular weight excluding hydrogens is 441 g/mol. The number of benzene rings is 2. The predicted octanol–water partition coefficient (Wildman–Crippen LogP) is 5.29. The molecule has 3 heterocycles. The van der Waals surface area contributed by atoms with E-state index in [4.69, 9.17) is 4.74 Å². The number of anilines is 1. The SMILES string of the molecule is COc1ccc2nc(-n3nc(C)c4c3NC(=O)CC4c3ccccc3C(F)(F)F)sc2c1. The number of nitrogens with zero attached hydrogens (tertiary/aromatic N) is 3. The van der Waals surface area contributed by atoms with Crippen LogP contribution in [0.5, 0.6) is 5.75 Å². The normalized spacial score (nSPS) is 16.2. The van der Waals surface area contributed by atoms with E-state index >= 15 is 0 Å². The van der Waals surface area contributed by atoms with Gasteiger partial charge < -0.3 is 10.1 Å². The van der Waals surface area contributed by atoms with Gasteiger partial charge in [0, 0.05) is 17.9 Å². The highest BCUT2D eigenvalue weighted by Crippen LogP contribution is 2.45. The van der Waals surface area contributed by atoms with E-state index in [9.17, 15) is 18.0 Å². The topological polar surface area (TPSA) is 69.0 Å². The number of alkyl halides is 3. The number of rotatable bonds is 3. The summed E-state index contributed by atoms with van der Waals surface area (Å²) in [5.74, 6) is -0.0987. The van der Waals surface area contributed by atoms with Gasteiger partial charge in [0.25, 0.3) is 0 Å². The van der Waals surface area contributed by atoms with Crippen molar-refractivity contribution in [3.8, 4) is 10.9 Å². The van der Waals surface area contributed by atoms with Crippen molar-refractivity contribution < 1.29 is 22.7 Å². The monoisotopic (exact) mass is 458 g/mol. The highest BCUT2D eigenvalue weighted by molar-refractivity contribution is 7.20. The van der Waals surface area contributed by atoms with Crippen molar-refractivity contribution in [2.24, 2.45) is 0 Å². The zero-order valence-electron chi connectivity index (χ0n) is 17.0. The Morgan fingerprint density at radius 1 is 1.22 bits per heavy atom. The smallest absolute Gasteiger partial charge is 0.416 e. The van der Waals surface area contributed by atoms with E-state index in [1.165, 1.54) is 28.2 Å². The number of amides is 1. The Bertz CT molecular complexity index is 1360. The fraction of sp³-hybridized carbons (Fsp3) is 0.227. The second-order valence-electron chi connectivity index (χ2n) is 7.48. The Balaban J connectivity index is 1.67. The van der Waals surface area contributed by atoms with Crippen molar-refractivity contribution in [2.45, 2.75) is 25.4 Å². The molecule has 1 aliphatic rings. The second kappa shape index (κ2) is 7.33. The van der Waals surface area contributed by atoms with E-state index in [1.807, 2.05) is 12.1 Å². The minimum atomic E-state index is -4.53.